The van der Waals surface area contributed by atoms with E-state index in [9.17, 15) is 9.59 Å². The summed E-state index contributed by atoms with van der Waals surface area (Å²) in [5.74, 6) is -0.981. The third-order valence-corrected chi connectivity index (χ3v) is 6.19. The Morgan fingerprint density at radius 1 is 1.27 bits per heavy atom. The summed E-state index contributed by atoms with van der Waals surface area (Å²) in [6.45, 7) is 3.26. The molecule has 3 rings (SSSR count). The average molecular weight is 470 g/mol. The number of carboxylic acid groups (broad SMARTS) is 1. The van der Waals surface area contributed by atoms with Gasteiger partial charge in [0.25, 0.3) is 0 Å². The molecule has 1 aliphatic rings. The predicted octanol–water partition coefficient (Wildman–Crippen LogP) is 3.20. The molecule has 2 N–H and O–H groups in total. The van der Waals surface area contributed by atoms with Crippen LogP contribution in [0.2, 0.25) is 10.0 Å². The van der Waals surface area contributed by atoms with Crippen molar-refractivity contribution in [3.05, 3.63) is 57.8 Å². The molecular formula is C20H21Cl2N3O4S. The van der Waals surface area contributed by atoms with Crippen LogP contribution in [0.5, 0.6) is 0 Å². The van der Waals surface area contributed by atoms with Gasteiger partial charge < -0.3 is 15.2 Å². The second kappa shape index (κ2) is 11.0. The van der Waals surface area contributed by atoms with Gasteiger partial charge in [-0.05, 0) is 29.8 Å². The molecule has 1 saturated heterocycles. The highest BCUT2D eigenvalue weighted by Crippen LogP contribution is 2.23. The Morgan fingerprint density at radius 2 is 2.10 bits per heavy atom. The normalized spacial score (nSPS) is 16.9. The molecule has 0 saturated carbocycles. The van der Waals surface area contributed by atoms with Crippen LogP contribution in [-0.2, 0) is 16.1 Å². The summed E-state index contributed by atoms with van der Waals surface area (Å²) in [6.07, 6.45) is 1.36. The van der Waals surface area contributed by atoms with Crippen molar-refractivity contribution in [2.24, 2.45) is 0 Å². The van der Waals surface area contributed by atoms with Crippen molar-refractivity contribution in [3.63, 3.8) is 0 Å². The summed E-state index contributed by atoms with van der Waals surface area (Å²) in [5, 5.41) is 12.8. The Hall–Kier alpha value is -1.84. The number of hydrogen-bond acceptors (Lipinski definition) is 6. The number of aromatic nitrogens is 1. The van der Waals surface area contributed by atoms with Gasteiger partial charge in [-0.25, -0.2) is 9.78 Å². The number of morpholine rings is 1. The SMILES string of the molecule is O=C(CSc1ccc(C(=O)O)nc1)NCC1CN(Cc2ccc(Cl)c(Cl)c2)CCO1. The largest absolute Gasteiger partial charge is 0.477 e. The Labute approximate surface area is 188 Å². The Kier molecular flexibility index (Phi) is 8.35. The minimum Gasteiger partial charge on any atom is -0.477 e. The summed E-state index contributed by atoms with van der Waals surface area (Å²) in [5.41, 5.74) is 1.05. The Morgan fingerprint density at radius 3 is 2.80 bits per heavy atom. The van der Waals surface area contributed by atoms with Crippen molar-refractivity contribution in [3.8, 4) is 0 Å². The number of nitrogens with zero attached hydrogens (tertiary/aromatic N) is 2. The van der Waals surface area contributed by atoms with E-state index in [1.165, 1.54) is 24.0 Å². The van der Waals surface area contributed by atoms with Crippen LogP contribution in [0.3, 0.4) is 0 Å². The Balaban J connectivity index is 1.40. The molecule has 1 aromatic carbocycles. The van der Waals surface area contributed by atoms with Gasteiger partial charge in [-0.15, -0.1) is 11.8 Å². The first-order chi connectivity index (χ1) is 14.4. The van der Waals surface area contributed by atoms with Crippen LogP contribution < -0.4 is 5.32 Å². The number of aromatic carboxylic acids is 1. The highest BCUT2D eigenvalue weighted by Gasteiger charge is 2.21. The summed E-state index contributed by atoms with van der Waals surface area (Å²) in [7, 11) is 0. The molecule has 0 aliphatic carbocycles. The van der Waals surface area contributed by atoms with E-state index in [0.717, 1.165) is 23.5 Å². The lowest BCUT2D eigenvalue weighted by Gasteiger charge is -2.33. The monoisotopic (exact) mass is 469 g/mol. The van der Waals surface area contributed by atoms with Gasteiger partial charge in [-0.1, -0.05) is 29.3 Å². The van der Waals surface area contributed by atoms with Crippen molar-refractivity contribution in [1.82, 2.24) is 15.2 Å². The van der Waals surface area contributed by atoms with Gasteiger partial charge in [0.15, 0.2) is 0 Å². The van der Waals surface area contributed by atoms with Gasteiger partial charge in [0.1, 0.15) is 5.69 Å². The van der Waals surface area contributed by atoms with Crippen LogP contribution in [0.4, 0.5) is 0 Å². The Bertz CT molecular complexity index is 898. The molecule has 10 heteroatoms. The number of thioether (sulfide) groups is 1. The van der Waals surface area contributed by atoms with Gasteiger partial charge >= 0.3 is 5.97 Å². The van der Waals surface area contributed by atoms with E-state index in [2.05, 4.69) is 15.2 Å². The van der Waals surface area contributed by atoms with E-state index in [1.807, 2.05) is 12.1 Å². The topological polar surface area (TPSA) is 91.8 Å². The van der Waals surface area contributed by atoms with Gasteiger partial charge in [-0.3, -0.25) is 9.69 Å². The van der Waals surface area contributed by atoms with E-state index in [1.54, 1.807) is 12.1 Å². The molecular weight excluding hydrogens is 449 g/mol. The second-order valence-corrected chi connectivity index (χ2v) is 8.62. The van der Waals surface area contributed by atoms with E-state index < -0.39 is 5.97 Å². The van der Waals surface area contributed by atoms with Crippen LogP contribution >= 0.6 is 35.0 Å². The molecule has 160 valence electrons. The lowest BCUT2D eigenvalue weighted by molar-refractivity contribution is -0.119. The first-order valence-electron chi connectivity index (χ1n) is 9.27. The van der Waals surface area contributed by atoms with Crippen LogP contribution in [0, 0.1) is 0 Å². The maximum atomic E-state index is 12.1. The zero-order chi connectivity index (χ0) is 21.5. The smallest absolute Gasteiger partial charge is 0.354 e. The summed E-state index contributed by atoms with van der Waals surface area (Å²) >= 11 is 13.4. The molecule has 2 aromatic rings. The molecule has 1 amide bonds. The molecule has 1 unspecified atom stereocenters. The number of halogens is 2. The van der Waals surface area contributed by atoms with Crippen LogP contribution in [0.1, 0.15) is 16.1 Å². The fraction of sp³-hybridized carbons (Fsp3) is 0.350. The molecule has 1 aromatic heterocycles. The van der Waals surface area contributed by atoms with Crippen LogP contribution in [0.15, 0.2) is 41.4 Å². The van der Waals surface area contributed by atoms with Gasteiger partial charge in [-0.2, -0.15) is 0 Å². The molecule has 1 aliphatic heterocycles. The number of carbonyl (C=O) groups excluding carboxylic acids is 1. The van der Waals surface area contributed by atoms with Crippen molar-refractivity contribution in [2.45, 2.75) is 17.5 Å². The van der Waals surface area contributed by atoms with E-state index in [0.29, 0.717) is 29.7 Å². The second-order valence-electron chi connectivity index (χ2n) is 6.75. The van der Waals surface area contributed by atoms with E-state index >= 15 is 0 Å². The minimum absolute atomic E-state index is 0.0244. The van der Waals surface area contributed by atoms with Gasteiger partial charge in [0.05, 0.1) is 28.5 Å². The number of carbonyl (C=O) groups is 2. The molecule has 7 nitrogen and oxygen atoms in total. The lowest BCUT2D eigenvalue weighted by atomic mass is 10.2. The maximum Gasteiger partial charge on any atom is 0.354 e. The number of carboxylic acids is 1. The molecule has 1 fully saturated rings. The summed E-state index contributed by atoms with van der Waals surface area (Å²) in [4.78, 5) is 29.8. The molecule has 30 heavy (non-hydrogen) atoms. The predicted molar refractivity (Wildman–Crippen MR) is 116 cm³/mol. The fourth-order valence-corrected chi connectivity index (χ4v) is 3.98. The molecule has 1 atom stereocenters. The zero-order valence-electron chi connectivity index (χ0n) is 16.0. The number of nitrogens with one attached hydrogen (secondary N) is 1. The summed E-state index contributed by atoms with van der Waals surface area (Å²) in [6, 6.07) is 8.67. The number of rotatable bonds is 8. The first-order valence-corrected chi connectivity index (χ1v) is 11.0. The number of ether oxygens (including phenoxy) is 1. The molecule has 0 bridgehead atoms. The number of pyridine rings is 1. The van der Waals surface area contributed by atoms with Crippen LogP contribution in [-0.4, -0.2) is 65.0 Å². The van der Waals surface area contributed by atoms with Crippen molar-refractivity contribution in [2.75, 3.05) is 32.0 Å². The van der Waals surface area contributed by atoms with Gasteiger partial charge in [0, 0.05) is 37.3 Å². The summed E-state index contributed by atoms with van der Waals surface area (Å²) < 4.78 is 5.76. The number of hydrogen-bond donors (Lipinski definition) is 2. The standard InChI is InChI=1S/C20H21Cl2N3O4S/c21-16-3-1-13(7-17(16)22)10-25-5-6-29-14(11-25)8-24-19(26)12-30-15-2-4-18(20(27)28)23-9-15/h1-4,7,9,14H,5-6,8,10-12H2,(H,24,26)(H,27,28). The van der Waals surface area contributed by atoms with Crippen molar-refractivity contribution in [1.29, 1.82) is 0 Å². The highest BCUT2D eigenvalue weighted by atomic mass is 35.5. The minimum atomic E-state index is -1.08. The van der Waals surface area contributed by atoms with E-state index in [4.69, 9.17) is 33.0 Å². The molecule has 0 radical (unpaired) electrons. The lowest BCUT2D eigenvalue weighted by Crippen LogP contribution is -2.47. The number of benzene rings is 1. The van der Waals surface area contributed by atoms with Crippen molar-refractivity contribution >= 4 is 46.8 Å². The third-order valence-electron chi connectivity index (χ3n) is 4.47. The maximum absolute atomic E-state index is 12.1. The molecule has 2 heterocycles. The average Bonchev–Trinajstić information content (AvgIpc) is 2.74. The zero-order valence-corrected chi connectivity index (χ0v) is 18.3. The quantitative estimate of drug-likeness (QED) is 0.573. The van der Waals surface area contributed by atoms with Crippen molar-refractivity contribution < 1.29 is 19.4 Å². The van der Waals surface area contributed by atoms with Crippen LogP contribution in [0.25, 0.3) is 0 Å². The highest BCUT2D eigenvalue weighted by molar-refractivity contribution is 8.00. The van der Waals surface area contributed by atoms with E-state index in [-0.39, 0.29) is 23.5 Å². The first kappa shape index (κ1) is 22.8. The molecule has 0 spiro atoms. The fourth-order valence-electron chi connectivity index (χ4n) is 2.96. The van der Waals surface area contributed by atoms with Gasteiger partial charge in [0.2, 0.25) is 5.91 Å². The number of amides is 1. The third kappa shape index (κ3) is 6.85.